The van der Waals surface area contributed by atoms with Crippen LogP contribution in [0.15, 0.2) is 42.0 Å². The maximum Gasteiger partial charge on any atom is 0.271 e. The zero-order valence-corrected chi connectivity index (χ0v) is 17.3. The van der Waals surface area contributed by atoms with Gasteiger partial charge in [-0.05, 0) is 24.6 Å². The van der Waals surface area contributed by atoms with Crippen LogP contribution in [0.2, 0.25) is 0 Å². The summed E-state index contributed by atoms with van der Waals surface area (Å²) in [6.07, 6.45) is 2.61. The number of allylic oxidation sites excluding steroid dienone is 1. The Labute approximate surface area is 166 Å². The molecule has 0 aliphatic rings. The second kappa shape index (κ2) is 11.5. The third-order valence-corrected chi connectivity index (χ3v) is 3.40. The average molecular weight is 383 g/mol. The smallest absolute Gasteiger partial charge is 0.271 e. The molecule has 2 heterocycles. The molecule has 0 atom stereocenters. The molecule has 0 fully saturated rings. The Morgan fingerprint density at radius 3 is 2.50 bits per heavy atom. The molecular formula is C21H30N6O. The number of nitrogens with zero attached hydrogens (tertiary/aromatic N) is 3. The van der Waals surface area contributed by atoms with Crippen LogP contribution in [0, 0.1) is 0 Å². The van der Waals surface area contributed by atoms with Crippen LogP contribution in [0.5, 0.6) is 0 Å². The monoisotopic (exact) mass is 382 g/mol. The fraction of sp³-hybridized carbons (Fsp3) is 0.333. The molecule has 0 aliphatic heterocycles. The fourth-order valence-corrected chi connectivity index (χ4v) is 2.31. The summed E-state index contributed by atoms with van der Waals surface area (Å²) in [6.45, 7) is 14.2. The van der Waals surface area contributed by atoms with E-state index in [1.165, 1.54) is 12.7 Å². The van der Waals surface area contributed by atoms with Gasteiger partial charge in [-0.2, -0.15) is 0 Å². The van der Waals surface area contributed by atoms with E-state index in [-0.39, 0.29) is 12.1 Å². The predicted octanol–water partition coefficient (Wildman–Crippen LogP) is 4.38. The second-order valence-electron chi connectivity index (χ2n) is 5.85. The molecule has 0 spiro atoms. The van der Waals surface area contributed by atoms with Crippen molar-refractivity contribution in [2.45, 2.75) is 47.6 Å². The van der Waals surface area contributed by atoms with Crippen molar-refractivity contribution in [2.24, 2.45) is 0 Å². The van der Waals surface area contributed by atoms with Gasteiger partial charge in [-0.15, -0.1) is 0 Å². The largest absolute Gasteiger partial charge is 0.383 e. The SMILES string of the molecule is C=C(C)c1c(N)ncnc1NCc1nc2ccccc2[nH]c1=O.CC.CCC. The number of rotatable bonds is 4. The maximum atomic E-state index is 12.1. The quantitative estimate of drug-likeness (QED) is 0.617. The number of aromatic nitrogens is 4. The molecule has 2 aromatic heterocycles. The highest BCUT2D eigenvalue weighted by molar-refractivity contribution is 5.78. The highest BCUT2D eigenvalue weighted by atomic mass is 16.1. The van der Waals surface area contributed by atoms with Crippen LogP contribution in [0.4, 0.5) is 11.6 Å². The van der Waals surface area contributed by atoms with Gasteiger partial charge in [0.05, 0.1) is 23.1 Å². The van der Waals surface area contributed by atoms with E-state index in [1.807, 2.05) is 45.0 Å². The first-order valence-electron chi connectivity index (χ1n) is 9.46. The first-order valence-corrected chi connectivity index (χ1v) is 9.46. The molecule has 0 saturated heterocycles. The number of nitrogens with two attached hydrogens (primary N) is 1. The van der Waals surface area contributed by atoms with Gasteiger partial charge in [0.1, 0.15) is 23.7 Å². The molecular weight excluding hydrogens is 352 g/mol. The number of anilines is 2. The predicted molar refractivity (Wildman–Crippen MR) is 118 cm³/mol. The molecule has 7 heteroatoms. The lowest BCUT2D eigenvalue weighted by atomic mass is 10.1. The third kappa shape index (κ3) is 5.90. The second-order valence-corrected chi connectivity index (χ2v) is 5.85. The summed E-state index contributed by atoms with van der Waals surface area (Å²) in [6, 6.07) is 7.37. The van der Waals surface area contributed by atoms with Crippen molar-refractivity contribution in [2.75, 3.05) is 11.1 Å². The summed E-state index contributed by atoms with van der Waals surface area (Å²) in [5.41, 5.74) is 8.81. The zero-order chi connectivity index (χ0) is 21.1. The van der Waals surface area contributed by atoms with Crippen LogP contribution in [0.3, 0.4) is 0 Å². The summed E-state index contributed by atoms with van der Waals surface area (Å²) in [7, 11) is 0. The Kier molecular flexibility index (Phi) is 9.36. The lowest BCUT2D eigenvalue weighted by Gasteiger charge is -2.11. The molecule has 1 aromatic carbocycles. The van der Waals surface area contributed by atoms with Crippen molar-refractivity contribution < 1.29 is 0 Å². The van der Waals surface area contributed by atoms with E-state index in [0.717, 1.165) is 11.1 Å². The van der Waals surface area contributed by atoms with Gasteiger partial charge in [0.25, 0.3) is 5.56 Å². The number of H-pyrrole nitrogens is 1. The molecule has 28 heavy (non-hydrogen) atoms. The molecule has 0 aliphatic carbocycles. The molecule has 0 bridgehead atoms. The van der Waals surface area contributed by atoms with Gasteiger partial charge in [-0.25, -0.2) is 15.0 Å². The van der Waals surface area contributed by atoms with Gasteiger partial charge in [-0.3, -0.25) is 4.79 Å². The summed E-state index contributed by atoms with van der Waals surface area (Å²) in [5.74, 6) is 0.870. The molecule has 0 saturated carbocycles. The molecule has 3 rings (SSSR count). The molecule has 0 amide bonds. The fourth-order valence-electron chi connectivity index (χ4n) is 2.31. The van der Waals surface area contributed by atoms with E-state index >= 15 is 0 Å². The van der Waals surface area contributed by atoms with Gasteiger partial charge in [-0.1, -0.05) is 52.8 Å². The van der Waals surface area contributed by atoms with Crippen LogP contribution in [0.25, 0.3) is 16.6 Å². The van der Waals surface area contributed by atoms with Gasteiger partial charge in [0.2, 0.25) is 0 Å². The molecule has 7 nitrogen and oxygen atoms in total. The van der Waals surface area contributed by atoms with Crippen LogP contribution in [-0.4, -0.2) is 19.9 Å². The van der Waals surface area contributed by atoms with E-state index in [0.29, 0.717) is 28.4 Å². The zero-order valence-electron chi connectivity index (χ0n) is 17.3. The van der Waals surface area contributed by atoms with Gasteiger partial charge in [0.15, 0.2) is 0 Å². The maximum absolute atomic E-state index is 12.1. The average Bonchev–Trinajstić information content (AvgIpc) is 2.68. The third-order valence-electron chi connectivity index (χ3n) is 3.40. The van der Waals surface area contributed by atoms with Gasteiger partial charge in [0, 0.05) is 0 Å². The highest BCUT2D eigenvalue weighted by Gasteiger charge is 2.11. The van der Waals surface area contributed by atoms with Crippen molar-refractivity contribution in [3.63, 3.8) is 0 Å². The van der Waals surface area contributed by atoms with E-state index in [2.05, 4.69) is 45.7 Å². The summed E-state index contributed by atoms with van der Waals surface area (Å²) >= 11 is 0. The van der Waals surface area contributed by atoms with E-state index in [1.54, 1.807) is 0 Å². The van der Waals surface area contributed by atoms with Crippen LogP contribution >= 0.6 is 0 Å². The minimum atomic E-state index is -0.241. The number of fused-ring (bicyclic) bond motifs is 1. The Balaban J connectivity index is 0.000000717. The molecule has 3 aromatic rings. The van der Waals surface area contributed by atoms with E-state index in [9.17, 15) is 4.79 Å². The lowest BCUT2D eigenvalue weighted by Crippen LogP contribution is -2.19. The molecule has 0 unspecified atom stereocenters. The van der Waals surface area contributed by atoms with Crippen LogP contribution in [-0.2, 0) is 6.54 Å². The summed E-state index contributed by atoms with van der Waals surface area (Å²) in [5, 5.41) is 3.08. The van der Waals surface area contributed by atoms with Gasteiger partial charge >= 0.3 is 0 Å². The number of para-hydroxylation sites is 2. The number of benzene rings is 1. The van der Waals surface area contributed by atoms with Crippen molar-refractivity contribution in [3.05, 3.63) is 58.8 Å². The Morgan fingerprint density at radius 2 is 1.86 bits per heavy atom. The van der Waals surface area contributed by atoms with Crippen molar-refractivity contribution in [1.29, 1.82) is 0 Å². The van der Waals surface area contributed by atoms with Crippen LogP contribution < -0.4 is 16.6 Å². The lowest BCUT2D eigenvalue weighted by molar-refractivity contribution is 0.988. The summed E-state index contributed by atoms with van der Waals surface area (Å²) in [4.78, 5) is 27.4. The Morgan fingerprint density at radius 1 is 1.21 bits per heavy atom. The molecule has 150 valence electrons. The minimum absolute atomic E-state index is 0.219. The molecule has 4 N–H and O–H groups in total. The normalized spacial score (nSPS) is 9.61. The first kappa shape index (κ1) is 22.8. The van der Waals surface area contributed by atoms with Crippen molar-refractivity contribution in [1.82, 2.24) is 19.9 Å². The standard InChI is InChI=1S/C16H16N6O.C3H8.C2H6/c1-9(2)13-14(17)19-8-20-15(13)18-7-12-16(23)22-11-6-4-3-5-10(11)21-12;1-3-2;1-2/h3-6,8H,1,7H2,2H3,(H,22,23)(H3,17,18,19,20);3H2,1-2H3;1-2H3. The number of hydrogen-bond acceptors (Lipinski definition) is 6. The van der Waals surface area contributed by atoms with E-state index < -0.39 is 0 Å². The number of nitrogens with one attached hydrogen (secondary N) is 2. The topological polar surface area (TPSA) is 110 Å². The number of nitrogen functional groups attached to an aromatic ring is 1. The highest BCUT2D eigenvalue weighted by Crippen LogP contribution is 2.24. The van der Waals surface area contributed by atoms with Crippen molar-refractivity contribution in [3.8, 4) is 0 Å². The molecule has 0 radical (unpaired) electrons. The number of aromatic amines is 1. The van der Waals surface area contributed by atoms with Gasteiger partial charge < -0.3 is 16.0 Å². The Hall–Kier alpha value is -3.22. The van der Waals surface area contributed by atoms with Crippen LogP contribution in [0.1, 0.15) is 52.3 Å². The van der Waals surface area contributed by atoms with Crippen molar-refractivity contribution >= 4 is 28.2 Å². The first-order chi connectivity index (χ1) is 13.5. The Bertz CT molecular complexity index is 965. The van der Waals surface area contributed by atoms with E-state index in [4.69, 9.17) is 5.73 Å². The number of hydrogen-bond donors (Lipinski definition) is 3. The summed E-state index contributed by atoms with van der Waals surface area (Å²) < 4.78 is 0. The minimum Gasteiger partial charge on any atom is -0.383 e.